The maximum atomic E-state index is 14.2. The normalized spacial score (nSPS) is 12.5. The lowest BCUT2D eigenvalue weighted by Crippen LogP contribution is -2.20. The third-order valence-corrected chi connectivity index (χ3v) is 4.32. The Balaban J connectivity index is 2.57. The van der Waals surface area contributed by atoms with Crippen LogP contribution in [0, 0.1) is 11.6 Å². The van der Waals surface area contributed by atoms with Crippen LogP contribution >= 0.6 is 31.9 Å². The monoisotopic (exact) mass is 389 g/mol. The number of hydrogen-bond donors (Lipinski definition) is 1. The molecule has 1 nitrogen and oxygen atoms in total. The van der Waals surface area contributed by atoms with Gasteiger partial charge in [0.05, 0.1) is 15.0 Å². The summed E-state index contributed by atoms with van der Waals surface area (Å²) in [5, 5.41) is 3.01. The summed E-state index contributed by atoms with van der Waals surface area (Å²) in [6.45, 7) is 0. The number of nitrogens with one attached hydrogen (secondary N) is 1. The molecule has 0 aliphatic carbocycles. The molecule has 2 aromatic rings. The van der Waals surface area contributed by atoms with Crippen molar-refractivity contribution in [2.75, 3.05) is 7.05 Å². The fraction of sp³-hybridized carbons (Fsp3) is 0.143. The standard InChI is InChI=1S/C14H11Br2F2N/c1-19-14(8-4-3-7-11(17)12(8)16)9-5-2-6-10(15)13(9)18/h2-7,14,19H,1H3. The minimum atomic E-state index is -0.428. The van der Waals surface area contributed by atoms with Gasteiger partial charge in [-0.1, -0.05) is 24.3 Å². The van der Waals surface area contributed by atoms with Gasteiger partial charge in [-0.15, -0.1) is 0 Å². The molecule has 1 unspecified atom stereocenters. The zero-order valence-corrected chi connectivity index (χ0v) is 13.2. The third-order valence-electron chi connectivity index (χ3n) is 2.87. The largest absolute Gasteiger partial charge is 0.309 e. The van der Waals surface area contributed by atoms with E-state index in [1.807, 2.05) is 0 Å². The quantitative estimate of drug-likeness (QED) is 0.793. The predicted molar refractivity (Wildman–Crippen MR) is 79.1 cm³/mol. The summed E-state index contributed by atoms with van der Waals surface area (Å²) in [6, 6.07) is 9.36. The molecule has 1 N–H and O–H groups in total. The Kier molecular flexibility index (Phi) is 4.71. The number of hydrogen-bond acceptors (Lipinski definition) is 1. The molecular formula is C14H11Br2F2N. The van der Waals surface area contributed by atoms with Crippen LogP contribution in [-0.4, -0.2) is 7.05 Å². The minimum absolute atomic E-state index is 0.341. The molecule has 0 spiro atoms. The summed E-state index contributed by atoms with van der Waals surface area (Å²) in [6.07, 6.45) is 0. The minimum Gasteiger partial charge on any atom is -0.309 e. The Hall–Kier alpha value is -0.780. The van der Waals surface area contributed by atoms with Crippen LogP contribution in [-0.2, 0) is 0 Å². The molecule has 100 valence electrons. The Labute approximate surface area is 127 Å². The van der Waals surface area contributed by atoms with E-state index >= 15 is 0 Å². The summed E-state index contributed by atoms with van der Waals surface area (Å²) in [7, 11) is 1.71. The number of halogens is 4. The van der Waals surface area contributed by atoms with Crippen molar-refractivity contribution in [2.24, 2.45) is 0 Å². The first-order chi connectivity index (χ1) is 9.06. The van der Waals surface area contributed by atoms with Crippen LogP contribution in [0.25, 0.3) is 0 Å². The van der Waals surface area contributed by atoms with Crippen molar-refractivity contribution < 1.29 is 8.78 Å². The highest BCUT2D eigenvalue weighted by Crippen LogP contribution is 2.33. The molecule has 5 heteroatoms. The summed E-state index contributed by atoms with van der Waals surface area (Å²) >= 11 is 6.37. The highest BCUT2D eigenvalue weighted by atomic mass is 79.9. The Morgan fingerprint density at radius 1 is 1.00 bits per heavy atom. The first-order valence-corrected chi connectivity index (χ1v) is 7.20. The smallest absolute Gasteiger partial charge is 0.142 e. The van der Waals surface area contributed by atoms with E-state index < -0.39 is 6.04 Å². The summed E-state index contributed by atoms with van der Waals surface area (Å²) in [5.41, 5.74) is 1.11. The van der Waals surface area contributed by atoms with Gasteiger partial charge in [0.25, 0.3) is 0 Å². The first-order valence-electron chi connectivity index (χ1n) is 5.61. The average Bonchev–Trinajstić information content (AvgIpc) is 2.40. The Morgan fingerprint density at radius 3 is 2.32 bits per heavy atom. The maximum absolute atomic E-state index is 14.2. The summed E-state index contributed by atoms with van der Waals surface area (Å²) in [5.74, 6) is -0.717. The SMILES string of the molecule is CNC(c1cccc(Br)c1F)c1cccc(F)c1Br. The molecule has 0 saturated heterocycles. The van der Waals surface area contributed by atoms with Gasteiger partial charge in [0.2, 0.25) is 0 Å². The molecule has 2 aromatic carbocycles. The zero-order valence-electron chi connectivity index (χ0n) is 10.1. The van der Waals surface area contributed by atoms with E-state index in [9.17, 15) is 8.78 Å². The van der Waals surface area contributed by atoms with E-state index in [0.29, 0.717) is 20.1 Å². The highest BCUT2D eigenvalue weighted by molar-refractivity contribution is 9.10. The average molecular weight is 391 g/mol. The van der Waals surface area contributed by atoms with Crippen molar-refractivity contribution in [3.63, 3.8) is 0 Å². The van der Waals surface area contributed by atoms with Gasteiger partial charge >= 0.3 is 0 Å². The van der Waals surface area contributed by atoms with Crippen molar-refractivity contribution in [2.45, 2.75) is 6.04 Å². The Bertz CT molecular complexity index is 550. The molecule has 0 amide bonds. The highest BCUT2D eigenvalue weighted by Gasteiger charge is 2.20. The van der Waals surface area contributed by atoms with Gasteiger partial charge in [-0.25, -0.2) is 8.78 Å². The lowest BCUT2D eigenvalue weighted by Gasteiger charge is -2.20. The molecule has 1 atom stereocenters. The van der Waals surface area contributed by atoms with Crippen LogP contribution in [0.2, 0.25) is 0 Å². The van der Waals surface area contributed by atoms with Crippen molar-refractivity contribution in [3.8, 4) is 0 Å². The van der Waals surface area contributed by atoms with E-state index in [1.54, 1.807) is 37.4 Å². The molecule has 2 rings (SSSR count). The topological polar surface area (TPSA) is 12.0 Å². The second-order valence-corrected chi connectivity index (χ2v) is 5.66. The van der Waals surface area contributed by atoms with Gasteiger partial charge in [-0.3, -0.25) is 0 Å². The molecule has 0 bridgehead atoms. The fourth-order valence-corrected chi connectivity index (χ4v) is 2.84. The van der Waals surface area contributed by atoms with Gasteiger partial charge < -0.3 is 5.32 Å². The maximum Gasteiger partial charge on any atom is 0.142 e. The molecular weight excluding hydrogens is 380 g/mol. The summed E-state index contributed by atoms with van der Waals surface area (Å²) in [4.78, 5) is 0. The van der Waals surface area contributed by atoms with Crippen molar-refractivity contribution in [1.82, 2.24) is 5.32 Å². The van der Waals surface area contributed by atoms with Crippen LogP contribution in [0.1, 0.15) is 17.2 Å². The van der Waals surface area contributed by atoms with Gasteiger partial charge in [-0.2, -0.15) is 0 Å². The number of benzene rings is 2. The van der Waals surface area contributed by atoms with E-state index in [-0.39, 0.29) is 11.6 Å². The molecule has 0 saturated carbocycles. The molecule has 0 aliphatic rings. The number of rotatable bonds is 3. The van der Waals surface area contributed by atoms with Gasteiger partial charge in [0, 0.05) is 5.56 Å². The van der Waals surface area contributed by atoms with Gasteiger partial charge in [0.1, 0.15) is 11.6 Å². The van der Waals surface area contributed by atoms with Crippen molar-refractivity contribution >= 4 is 31.9 Å². The van der Waals surface area contributed by atoms with Gasteiger partial charge in [-0.05, 0) is 56.6 Å². The lowest BCUT2D eigenvalue weighted by molar-refractivity contribution is 0.564. The molecule has 19 heavy (non-hydrogen) atoms. The van der Waals surface area contributed by atoms with E-state index in [1.165, 1.54) is 6.07 Å². The molecule has 0 radical (unpaired) electrons. The molecule has 0 heterocycles. The second kappa shape index (κ2) is 6.11. The Morgan fingerprint density at radius 2 is 1.63 bits per heavy atom. The second-order valence-electron chi connectivity index (χ2n) is 4.01. The van der Waals surface area contributed by atoms with Crippen LogP contribution in [0.4, 0.5) is 8.78 Å². The van der Waals surface area contributed by atoms with Crippen molar-refractivity contribution in [1.29, 1.82) is 0 Å². The fourth-order valence-electron chi connectivity index (χ4n) is 1.97. The summed E-state index contributed by atoms with van der Waals surface area (Å²) < 4.78 is 28.5. The van der Waals surface area contributed by atoms with E-state index in [0.717, 1.165) is 0 Å². The van der Waals surface area contributed by atoms with Crippen LogP contribution in [0.3, 0.4) is 0 Å². The van der Waals surface area contributed by atoms with Crippen LogP contribution in [0.15, 0.2) is 45.3 Å². The van der Waals surface area contributed by atoms with Crippen molar-refractivity contribution in [3.05, 3.63) is 68.1 Å². The first kappa shape index (κ1) is 14.6. The zero-order chi connectivity index (χ0) is 14.0. The van der Waals surface area contributed by atoms with E-state index in [2.05, 4.69) is 37.2 Å². The predicted octanol–water partition coefficient (Wildman–Crippen LogP) is 4.80. The van der Waals surface area contributed by atoms with E-state index in [4.69, 9.17) is 0 Å². The molecule has 0 aromatic heterocycles. The third kappa shape index (κ3) is 2.88. The molecule has 0 fully saturated rings. The van der Waals surface area contributed by atoms with Crippen LogP contribution in [0.5, 0.6) is 0 Å². The van der Waals surface area contributed by atoms with Gasteiger partial charge in [0.15, 0.2) is 0 Å². The lowest BCUT2D eigenvalue weighted by atomic mass is 9.98. The van der Waals surface area contributed by atoms with Crippen LogP contribution < -0.4 is 5.32 Å². The molecule has 0 aliphatic heterocycles.